The summed E-state index contributed by atoms with van der Waals surface area (Å²) in [5, 5.41) is 16.4. The Bertz CT molecular complexity index is 1100. The van der Waals surface area contributed by atoms with Gasteiger partial charge in [-0.25, -0.2) is 4.39 Å². The second-order valence-electron chi connectivity index (χ2n) is 6.02. The van der Waals surface area contributed by atoms with Gasteiger partial charge in [-0.3, -0.25) is 4.79 Å². The van der Waals surface area contributed by atoms with Gasteiger partial charge < -0.3 is 5.32 Å². The van der Waals surface area contributed by atoms with Crippen LogP contribution in [0, 0.1) is 5.82 Å². The van der Waals surface area contributed by atoms with Gasteiger partial charge in [0.15, 0.2) is 11.5 Å². The van der Waals surface area contributed by atoms with Crippen molar-refractivity contribution in [3.63, 3.8) is 0 Å². The summed E-state index contributed by atoms with van der Waals surface area (Å²) in [7, 11) is 0. The Balaban J connectivity index is 1.40. The van der Waals surface area contributed by atoms with Crippen LogP contribution < -0.4 is 5.32 Å². The molecule has 0 aliphatic carbocycles. The van der Waals surface area contributed by atoms with Crippen LogP contribution in [0.2, 0.25) is 0 Å². The molecular weight excluding hydrogens is 377 g/mol. The van der Waals surface area contributed by atoms with Crippen molar-refractivity contribution in [2.24, 2.45) is 0 Å². The molecule has 2 aromatic heterocycles. The molecule has 2 aromatic carbocycles. The maximum atomic E-state index is 12.9. The molecule has 140 valence electrons. The Labute approximate surface area is 164 Å². The van der Waals surface area contributed by atoms with Crippen molar-refractivity contribution in [1.82, 2.24) is 25.1 Å². The van der Waals surface area contributed by atoms with Gasteiger partial charge >= 0.3 is 0 Å². The molecule has 8 heteroatoms. The lowest BCUT2D eigenvalue weighted by molar-refractivity contribution is -0.118. The van der Waals surface area contributed by atoms with Crippen molar-refractivity contribution in [3.8, 4) is 11.4 Å². The van der Waals surface area contributed by atoms with E-state index in [-0.39, 0.29) is 17.5 Å². The highest BCUT2D eigenvalue weighted by molar-refractivity contribution is 7.99. The van der Waals surface area contributed by atoms with Crippen LogP contribution in [-0.4, -0.2) is 31.5 Å². The Kier molecular flexibility index (Phi) is 5.29. The minimum atomic E-state index is -0.295. The Morgan fingerprint density at radius 1 is 1.00 bits per heavy atom. The highest BCUT2D eigenvalue weighted by Gasteiger charge is 2.11. The summed E-state index contributed by atoms with van der Waals surface area (Å²) in [5.74, 6) is 0.459. The van der Waals surface area contributed by atoms with Crippen molar-refractivity contribution in [1.29, 1.82) is 0 Å². The fraction of sp³-hybridized carbons (Fsp3) is 0.100. The summed E-state index contributed by atoms with van der Waals surface area (Å²) in [4.78, 5) is 12.1. The van der Waals surface area contributed by atoms with Gasteiger partial charge in [0.2, 0.25) is 5.91 Å². The van der Waals surface area contributed by atoms with Crippen molar-refractivity contribution in [2.75, 3.05) is 5.75 Å². The van der Waals surface area contributed by atoms with E-state index in [0.29, 0.717) is 23.0 Å². The zero-order valence-corrected chi connectivity index (χ0v) is 15.6. The van der Waals surface area contributed by atoms with Gasteiger partial charge in [0.1, 0.15) is 10.8 Å². The van der Waals surface area contributed by atoms with Crippen molar-refractivity contribution in [3.05, 3.63) is 78.1 Å². The number of nitrogens with one attached hydrogen (secondary N) is 1. The van der Waals surface area contributed by atoms with E-state index in [1.165, 1.54) is 23.9 Å². The van der Waals surface area contributed by atoms with E-state index in [0.717, 1.165) is 11.1 Å². The van der Waals surface area contributed by atoms with Gasteiger partial charge in [0, 0.05) is 12.1 Å². The molecule has 0 fully saturated rings. The standard InChI is InChI=1S/C20H16FN5OS/c21-16-8-6-14(7-9-16)12-22-18(27)13-28-19-11-10-17-23-24-20(26(17)25-19)15-4-2-1-3-5-15/h1-11H,12-13H2,(H,22,27). The largest absolute Gasteiger partial charge is 0.351 e. The fourth-order valence-electron chi connectivity index (χ4n) is 2.61. The predicted octanol–water partition coefficient (Wildman–Crippen LogP) is 3.34. The van der Waals surface area contributed by atoms with E-state index in [2.05, 4.69) is 20.6 Å². The molecular formula is C20H16FN5OS. The van der Waals surface area contributed by atoms with Crippen LogP contribution >= 0.6 is 11.8 Å². The van der Waals surface area contributed by atoms with Crippen molar-refractivity contribution < 1.29 is 9.18 Å². The fourth-order valence-corrected chi connectivity index (χ4v) is 3.29. The average molecular weight is 393 g/mol. The first kappa shape index (κ1) is 18.1. The molecule has 28 heavy (non-hydrogen) atoms. The lowest BCUT2D eigenvalue weighted by Crippen LogP contribution is -2.24. The first-order chi connectivity index (χ1) is 13.7. The number of hydrogen-bond donors (Lipinski definition) is 1. The Morgan fingerprint density at radius 2 is 1.79 bits per heavy atom. The summed E-state index contributed by atoms with van der Waals surface area (Å²) < 4.78 is 14.6. The lowest BCUT2D eigenvalue weighted by atomic mass is 10.2. The maximum Gasteiger partial charge on any atom is 0.230 e. The molecule has 0 aliphatic rings. The number of fused-ring (bicyclic) bond motifs is 1. The number of thioether (sulfide) groups is 1. The molecule has 0 saturated carbocycles. The van der Waals surface area contributed by atoms with Crippen LogP contribution in [0.15, 0.2) is 71.8 Å². The lowest BCUT2D eigenvalue weighted by Gasteiger charge is -2.06. The Morgan fingerprint density at radius 3 is 2.57 bits per heavy atom. The smallest absolute Gasteiger partial charge is 0.230 e. The maximum absolute atomic E-state index is 12.9. The van der Waals surface area contributed by atoms with E-state index in [1.807, 2.05) is 42.5 Å². The van der Waals surface area contributed by atoms with Gasteiger partial charge in [-0.2, -0.15) is 9.61 Å². The van der Waals surface area contributed by atoms with E-state index < -0.39 is 0 Å². The number of carbonyl (C=O) groups excluding carboxylic acids is 1. The van der Waals surface area contributed by atoms with E-state index in [9.17, 15) is 9.18 Å². The molecule has 4 aromatic rings. The van der Waals surface area contributed by atoms with E-state index >= 15 is 0 Å². The van der Waals surface area contributed by atoms with Gasteiger partial charge in [-0.15, -0.1) is 10.2 Å². The van der Waals surface area contributed by atoms with Crippen LogP contribution in [0.5, 0.6) is 0 Å². The number of rotatable bonds is 6. The molecule has 0 aliphatic heterocycles. The third-order valence-corrected chi connectivity index (χ3v) is 4.94. The van der Waals surface area contributed by atoms with Crippen molar-refractivity contribution >= 4 is 23.3 Å². The number of nitrogens with zero attached hydrogens (tertiary/aromatic N) is 4. The van der Waals surface area contributed by atoms with Crippen LogP contribution in [0.1, 0.15) is 5.56 Å². The van der Waals surface area contributed by atoms with Crippen LogP contribution in [-0.2, 0) is 11.3 Å². The number of benzene rings is 2. The van der Waals surface area contributed by atoms with Gasteiger partial charge in [-0.05, 0) is 29.8 Å². The molecule has 2 heterocycles. The van der Waals surface area contributed by atoms with E-state index in [4.69, 9.17) is 0 Å². The number of carbonyl (C=O) groups is 1. The number of amides is 1. The Hall–Kier alpha value is -3.26. The number of hydrogen-bond acceptors (Lipinski definition) is 5. The van der Waals surface area contributed by atoms with Gasteiger partial charge in [0.25, 0.3) is 0 Å². The molecule has 0 saturated heterocycles. The molecule has 0 bridgehead atoms. The molecule has 0 spiro atoms. The first-order valence-electron chi connectivity index (χ1n) is 8.61. The quantitative estimate of drug-likeness (QED) is 0.509. The summed E-state index contributed by atoms with van der Waals surface area (Å²) in [5.41, 5.74) is 2.40. The molecule has 0 radical (unpaired) electrons. The number of halogens is 1. The summed E-state index contributed by atoms with van der Waals surface area (Å²) >= 11 is 1.33. The summed E-state index contributed by atoms with van der Waals surface area (Å²) in [6.45, 7) is 0.357. The number of aromatic nitrogens is 4. The minimum absolute atomic E-state index is 0.122. The highest BCUT2D eigenvalue weighted by Crippen LogP contribution is 2.20. The minimum Gasteiger partial charge on any atom is -0.351 e. The zero-order valence-electron chi connectivity index (χ0n) is 14.7. The van der Waals surface area contributed by atoms with Crippen molar-refractivity contribution in [2.45, 2.75) is 11.6 Å². The van der Waals surface area contributed by atoms with Crippen LogP contribution in [0.3, 0.4) is 0 Å². The molecule has 1 amide bonds. The van der Waals surface area contributed by atoms with Crippen LogP contribution in [0.25, 0.3) is 17.0 Å². The van der Waals surface area contributed by atoms with Gasteiger partial charge in [0.05, 0.1) is 5.75 Å². The third kappa shape index (κ3) is 4.17. The topological polar surface area (TPSA) is 72.2 Å². The molecule has 4 rings (SSSR count). The summed E-state index contributed by atoms with van der Waals surface area (Å²) in [6.07, 6.45) is 0. The van der Waals surface area contributed by atoms with E-state index in [1.54, 1.807) is 16.6 Å². The first-order valence-corrected chi connectivity index (χ1v) is 9.59. The predicted molar refractivity (Wildman–Crippen MR) is 105 cm³/mol. The normalized spacial score (nSPS) is 10.9. The van der Waals surface area contributed by atoms with Crippen LogP contribution in [0.4, 0.5) is 4.39 Å². The SMILES string of the molecule is O=C(CSc1ccc2nnc(-c3ccccc3)n2n1)NCc1ccc(F)cc1. The zero-order chi connectivity index (χ0) is 19.3. The molecule has 1 N–H and O–H groups in total. The second-order valence-corrected chi connectivity index (χ2v) is 7.02. The summed E-state index contributed by atoms with van der Waals surface area (Å²) in [6, 6.07) is 19.4. The monoisotopic (exact) mass is 393 g/mol. The molecule has 0 unspecified atom stereocenters. The second kappa shape index (κ2) is 8.18. The van der Waals surface area contributed by atoms with Gasteiger partial charge in [-0.1, -0.05) is 54.2 Å². The molecule has 6 nitrogen and oxygen atoms in total. The average Bonchev–Trinajstić information content (AvgIpc) is 3.16. The highest BCUT2D eigenvalue weighted by atomic mass is 32.2. The molecule has 0 atom stereocenters. The third-order valence-electron chi connectivity index (χ3n) is 4.02.